The van der Waals surface area contributed by atoms with Gasteiger partial charge in [0.15, 0.2) is 0 Å². The van der Waals surface area contributed by atoms with Crippen LogP contribution >= 0.6 is 11.6 Å². The molecular formula is C17H19ClN2O3. The lowest BCUT2D eigenvalue weighted by Gasteiger charge is -2.18. The van der Waals surface area contributed by atoms with Gasteiger partial charge in [-0.1, -0.05) is 29.8 Å². The number of carbonyl (C=O) groups is 1. The molecule has 1 atom stereocenters. The third-order valence-electron chi connectivity index (χ3n) is 4.21. The van der Waals surface area contributed by atoms with Gasteiger partial charge in [0, 0.05) is 17.0 Å². The number of halogens is 1. The molecule has 1 aromatic heterocycles. The molecule has 1 saturated carbocycles. The standard InChI is InChI=1S/C17H19ClN2O3/c18-13-5-2-1-4-12(13)17(7-8-17)11-20-16(22)19-10-14(21)15-6-3-9-23-15/h1-6,9,14,21H,7-8,10-11H2,(H2,19,20,22). The molecule has 3 rings (SSSR count). The number of urea groups is 1. The third kappa shape index (κ3) is 3.68. The van der Waals surface area contributed by atoms with Crippen molar-refractivity contribution in [1.82, 2.24) is 10.6 Å². The van der Waals surface area contributed by atoms with Crippen LogP contribution in [-0.2, 0) is 5.41 Å². The molecule has 3 N–H and O–H groups in total. The van der Waals surface area contributed by atoms with E-state index in [-0.39, 0.29) is 18.0 Å². The minimum absolute atomic E-state index is 0.0602. The van der Waals surface area contributed by atoms with Crippen molar-refractivity contribution in [2.24, 2.45) is 0 Å². The van der Waals surface area contributed by atoms with E-state index in [4.69, 9.17) is 16.0 Å². The summed E-state index contributed by atoms with van der Waals surface area (Å²) >= 11 is 6.25. The molecule has 1 unspecified atom stereocenters. The summed E-state index contributed by atoms with van der Waals surface area (Å²) in [6.07, 6.45) is 2.64. The van der Waals surface area contributed by atoms with Gasteiger partial charge in [-0.25, -0.2) is 4.79 Å². The van der Waals surface area contributed by atoms with Crippen molar-refractivity contribution >= 4 is 17.6 Å². The number of hydrogen-bond acceptors (Lipinski definition) is 3. The Bertz CT molecular complexity index is 668. The van der Waals surface area contributed by atoms with Crippen LogP contribution in [0.2, 0.25) is 5.02 Å². The fourth-order valence-corrected chi connectivity index (χ4v) is 3.00. The van der Waals surface area contributed by atoms with E-state index in [2.05, 4.69) is 10.6 Å². The summed E-state index contributed by atoms with van der Waals surface area (Å²) in [6.45, 7) is 0.623. The summed E-state index contributed by atoms with van der Waals surface area (Å²) < 4.78 is 5.09. The van der Waals surface area contributed by atoms with Crippen LogP contribution in [0.15, 0.2) is 47.1 Å². The summed E-state index contributed by atoms with van der Waals surface area (Å²) in [5.74, 6) is 0.431. The Balaban J connectivity index is 1.49. The summed E-state index contributed by atoms with van der Waals surface area (Å²) in [5, 5.41) is 16.1. The topological polar surface area (TPSA) is 74.5 Å². The number of nitrogens with one attached hydrogen (secondary N) is 2. The van der Waals surface area contributed by atoms with Gasteiger partial charge in [0.25, 0.3) is 0 Å². The Morgan fingerprint density at radius 1 is 1.26 bits per heavy atom. The lowest BCUT2D eigenvalue weighted by atomic mass is 9.96. The van der Waals surface area contributed by atoms with Crippen molar-refractivity contribution in [3.63, 3.8) is 0 Å². The van der Waals surface area contributed by atoms with Gasteiger partial charge in [-0.05, 0) is 36.6 Å². The largest absolute Gasteiger partial charge is 0.467 e. The zero-order valence-electron chi connectivity index (χ0n) is 12.6. The smallest absolute Gasteiger partial charge is 0.314 e. The highest BCUT2D eigenvalue weighted by Crippen LogP contribution is 2.49. The summed E-state index contributed by atoms with van der Waals surface area (Å²) in [6, 6.07) is 10.8. The maximum Gasteiger partial charge on any atom is 0.314 e. The Morgan fingerprint density at radius 2 is 2.04 bits per heavy atom. The molecular weight excluding hydrogens is 316 g/mol. The Hall–Kier alpha value is -1.98. The molecule has 0 radical (unpaired) electrons. The lowest BCUT2D eigenvalue weighted by Crippen LogP contribution is -2.41. The zero-order chi connectivity index (χ0) is 16.3. The molecule has 122 valence electrons. The van der Waals surface area contributed by atoms with Crippen LogP contribution in [0.25, 0.3) is 0 Å². The molecule has 2 aromatic rings. The molecule has 1 fully saturated rings. The average molecular weight is 335 g/mol. The molecule has 1 aliphatic carbocycles. The predicted molar refractivity (Wildman–Crippen MR) is 87.4 cm³/mol. The first-order valence-electron chi connectivity index (χ1n) is 7.59. The quantitative estimate of drug-likeness (QED) is 0.760. The van der Waals surface area contributed by atoms with Gasteiger partial charge in [0.1, 0.15) is 11.9 Å². The summed E-state index contributed by atoms with van der Waals surface area (Å²) in [4.78, 5) is 11.9. The maximum absolute atomic E-state index is 11.9. The van der Waals surface area contributed by atoms with Crippen LogP contribution in [0.4, 0.5) is 4.79 Å². The van der Waals surface area contributed by atoms with Gasteiger partial charge in [0.2, 0.25) is 0 Å². The molecule has 6 heteroatoms. The minimum atomic E-state index is -0.853. The summed E-state index contributed by atoms with van der Waals surface area (Å²) in [7, 11) is 0. The lowest BCUT2D eigenvalue weighted by molar-refractivity contribution is 0.148. The second-order valence-electron chi connectivity index (χ2n) is 5.85. The third-order valence-corrected chi connectivity index (χ3v) is 4.54. The first-order chi connectivity index (χ1) is 11.1. The predicted octanol–water partition coefficient (Wildman–Crippen LogP) is 3.00. The highest BCUT2D eigenvalue weighted by Gasteiger charge is 2.45. The van der Waals surface area contributed by atoms with Crippen molar-refractivity contribution in [1.29, 1.82) is 0 Å². The van der Waals surface area contributed by atoms with Gasteiger partial charge >= 0.3 is 6.03 Å². The monoisotopic (exact) mass is 334 g/mol. The van der Waals surface area contributed by atoms with Crippen LogP contribution < -0.4 is 10.6 Å². The van der Waals surface area contributed by atoms with Crippen molar-refractivity contribution in [2.45, 2.75) is 24.4 Å². The normalized spacial score (nSPS) is 16.6. The van der Waals surface area contributed by atoms with Crippen molar-refractivity contribution in [3.8, 4) is 0 Å². The zero-order valence-corrected chi connectivity index (χ0v) is 13.3. The fourth-order valence-electron chi connectivity index (χ4n) is 2.67. The van der Waals surface area contributed by atoms with E-state index in [1.54, 1.807) is 12.1 Å². The van der Waals surface area contributed by atoms with Crippen LogP contribution in [0, 0.1) is 0 Å². The van der Waals surface area contributed by atoms with Crippen LogP contribution in [0.5, 0.6) is 0 Å². The second-order valence-corrected chi connectivity index (χ2v) is 6.26. The van der Waals surface area contributed by atoms with Gasteiger partial charge in [0.05, 0.1) is 12.8 Å². The molecule has 0 spiro atoms. The molecule has 0 saturated heterocycles. The maximum atomic E-state index is 11.9. The highest BCUT2D eigenvalue weighted by molar-refractivity contribution is 6.31. The number of rotatable bonds is 6. The van der Waals surface area contributed by atoms with Gasteiger partial charge < -0.3 is 20.2 Å². The van der Waals surface area contributed by atoms with E-state index in [1.165, 1.54) is 6.26 Å². The number of aliphatic hydroxyl groups is 1. The molecule has 1 aromatic carbocycles. The van der Waals surface area contributed by atoms with E-state index in [1.807, 2.05) is 24.3 Å². The number of carbonyl (C=O) groups excluding carboxylic acids is 1. The van der Waals surface area contributed by atoms with Crippen LogP contribution in [0.1, 0.15) is 30.3 Å². The summed E-state index contributed by atoms with van der Waals surface area (Å²) in [5.41, 5.74) is 1.02. The fraction of sp³-hybridized carbons (Fsp3) is 0.353. The van der Waals surface area contributed by atoms with Crippen LogP contribution in [0.3, 0.4) is 0 Å². The van der Waals surface area contributed by atoms with Gasteiger partial charge in [-0.2, -0.15) is 0 Å². The number of aliphatic hydroxyl groups excluding tert-OH is 1. The number of amides is 2. The van der Waals surface area contributed by atoms with Crippen molar-refractivity contribution in [3.05, 3.63) is 59.0 Å². The second kappa shape index (κ2) is 6.64. The molecule has 2 amide bonds. The minimum Gasteiger partial charge on any atom is -0.467 e. The number of furan rings is 1. The Labute approximate surface area is 139 Å². The number of benzene rings is 1. The number of hydrogen-bond donors (Lipinski definition) is 3. The van der Waals surface area contributed by atoms with E-state index in [9.17, 15) is 9.90 Å². The first kappa shape index (κ1) is 15.9. The highest BCUT2D eigenvalue weighted by atomic mass is 35.5. The van der Waals surface area contributed by atoms with E-state index in [0.717, 1.165) is 23.4 Å². The Morgan fingerprint density at radius 3 is 2.70 bits per heavy atom. The molecule has 5 nitrogen and oxygen atoms in total. The average Bonchev–Trinajstić information content (AvgIpc) is 3.13. The molecule has 1 heterocycles. The van der Waals surface area contributed by atoms with Gasteiger partial charge in [-0.15, -0.1) is 0 Å². The Kier molecular flexibility index (Phi) is 4.59. The van der Waals surface area contributed by atoms with E-state index < -0.39 is 6.10 Å². The van der Waals surface area contributed by atoms with E-state index in [0.29, 0.717) is 12.3 Å². The molecule has 0 bridgehead atoms. The van der Waals surface area contributed by atoms with Gasteiger partial charge in [-0.3, -0.25) is 0 Å². The molecule has 0 aliphatic heterocycles. The van der Waals surface area contributed by atoms with Crippen molar-refractivity contribution < 1.29 is 14.3 Å². The van der Waals surface area contributed by atoms with E-state index >= 15 is 0 Å². The molecule has 1 aliphatic rings. The van der Waals surface area contributed by atoms with Crippen LogP contribution in [-0.4, -0.2) is 24.2 Å². The SMILES string of the molecule is O=C(NCC(O)c1ccco1)NCC1(c2ccccc2Cl)CC1. The van der Waals surface area contributed by atoms with Crippen molar-refractivity contribution in [2.75, 3.05) is 13.1 Å². The first-order valence-corrected chi connectivity index (χ1v) is 7.97. The molecule has 23 heavy (non-hydrogen) atoms.